The number of esters is 1. The van der Waals surface area contributed by atoms with Crippen molar-refractivity contribution in [2.45, 2.75) is 36.3 Å². The lowest BCUT2D eigenvalue weighted by atomic mass is 9.65. The van der Waals surface area contributed by atoms with Crippen LogP contribution in [0.3, 0.4) is 0 Å². The SMILES string of the molecule is O=C1O[C@@H](c2ccccc2)[C@@H](c2ccccc2)N2[C@@H](c3ccc(O)cc3)[C@]3(C(=O)N(C(=O)OCc4ccc([N+](=O)[O-])cc4)c4ccccc43)[C@@H](C(=O)O)[C@H]12. The third-order valence-corrected chi connectivity index (χ3v) is 10.5. The van der Waals surface area contributed by atoms with Crippen molar-refractivity contribution in [1.82, 2.24) is 4.90 Å². The zero-order chi connectivity index (χ0) is 37.7. The van der Waals surface area contributed by atoms with E-state index >= 15 is 4.79 Å². The second-order valence-corrected chi connectivity index (χ2v) is 13.3. The highest BCUT2D eigenvalue weighted by Crippen LogP contribution is 2.65. The summed E-state index contributed by atoms with van der Waals surface area (Å²) in [6.45, 7) is -0.352. The van der Waals surface area contributed by atoms with E-state index in [4.69, 9.17) is 9.47 Å². The molecule has 13 nitrogen and oxygen atoms in total. The molecular formula is C41H31N3O10. The molecule has 0 aromatic heterocycles. The van der Waals surface area contributed by atoms with Gasteiger partial charge in [0.05, 0.1) is 22.7 Å². The number of phenolic OH excluding ortho intramolecular Hbond substituents is 1. The zero-order valence-electron chi connectivity index (χ0n) is 28.3. The topological polar surface area (TPSA) is 177 Å². The molecular weight excluding hydrogens is 694 g/mol. The van der Waals surface area contributed by atoms with Gasteiger partial charge in [-0.3, -0.25) is 29.4 Å². The first-order valence-corrected chi connectivity index (χ1v) is 17.1. The number of carboxylic acids is 1. The summed E-state index contributed by atoms with van der Waals surface area (Å²) in [5.41, 5.74) is 0.162. The number of hydrogen-bond acceptors (Lipinski definition) is 10. The highest BCUT2D eigenvalue weighted by atomic mass is 16.6. The lowest BCUT2D eigenvalue weighted by Crippen LogP contribution is -2.53. The average Bonchev–Trinajstić information content (AvgIpc) is 3.65. The van der Waals surface area contributed by atoms with Gasteiger partial charge in [0, 0.05) is 12.1 Å². The number of aromatic hydroxyl groups is 1. The van der Waals surface area contributed by atoms with Gasteiger partial charge in [0.15, 0.2) is 0 Å². The molecule has 0 radical (unpaired) electrons. The number of carbonyl (C=O) groups excluding carboxylic acids is 3. The number of fused-ring (bicyclic) bond motifs is 3. The van der Waals surface area contributed by atoms with Crippen LogP contribution in [0.4, 0.5) is 16.2 Å². The van der Waals surface area contributed by atoms with Crippen LogP contribution in [0, 0.1) is 16.0 Å². The number of amides is 2. The van der Waals surface area contributed by atoms with Gasteiger partial charge in [0.2, 0.25) is 5.91 Å². The fourth-order valence-corrected chi connectivity index (χ4v) is 8.40. The summed E-state index contributed by atoms with van der Waals surface area (Å²) in [5.74, 6) is -5.08. The van der Waals surface area contributed by atoms with E-state index in [0.29, 0.717) is 22.3 Å². The molecule has 5 aromatic rings. The van der Waals surface area contributed by atoms with Gasteiger partial charge in [0.1, 0.15) is 35.8 Å². The second kappa shape index (κ2) is 13.3. The van der Waals surface area contributed by atoms with Crippen LogP contribution in [0.25, 0.3) is 0 Å². The smallest absolute Gasteiger partial charge is 0.421 e. The number of imide groups is 1. The summed E-state index contributed by atoms with van der Waals surface area (Å²) >= 11 is 0. The van der Waals surface area contributed by atoms with Gasteiger partial charge in [-0.2, -0.15) is 0 Å². The lowest BCUT2D eigenvalue weighted by Gasteiger charge is -2.46. The number of non-ortho nitro benzene ring substituents is 1. The Hall–Kier alpha value is -6.86. The minimum Gasteiger partial charge on any atom is -0.508 e. The molecule has 8 rings (SSSR count). The number of nitrogens with zero attached hydrogens (tertiary/aromatic N) is 3. The molecule has 54 heavy (non-hydrogen) atoms. The maximum Gasteiger partial charge on any atom is 0.421 e. The Morgan fingerprint density at radius 2 is 1.39 bits per heavy atom. The number of ether oxygens (including phenoxy) is 2. The number of morpholine rings is 1. The number of carboxylic acid groups (broad SMARTS) is 1. The minimum atomic E-state index is -2.10. The summed E-state index contributed by atoms with van der Waals surface area (Å²) in [4.78, 5) is 70.9. The van der Waals surface area contributed by atoms with Gasteiger partial charge in [-0.05, 0) is 58.1 Å². The van der Waals surface area contributed by atoms with Gasteiger partial charge in [-0.15, -0.1) is 0 Å². The van der Waals surface area contributed by atoms with E-state index in [0.717, 1.165) is 4.90 Å². The van der Waals surface area contributed by atoms with Gasteiger partial charge >= 0.3 is 18.0 Å². The molecule has 2 N–H and O–H groups in total. The van der Waals surface area contributed by atoms with Crippen molar-refractivity contribution in [3.05, 3.63) is 171 Å². The van der Waals surface area contributed by atoms with Crippen LogP contribution >= 0.6 is 0 Å². The molecule has 13 heteroatoms. The molecule has 0 bridgehead atoms. The molecule has 2 amide bonds. The maximum absolute atomic E-state index is 15.4. The van der Waals surface area contributed by atoms with Crippen molar-refractivity contribution < 1.29 is 43.8 Å². The Kier molecular flexibility index (Phi) is 8.42. The van der Waals surface area contributed by atoms with E-state index < -0.39 is 64.4 Å². The number of cyclic esters (lactones) is 1. The van der Waals surface area contributed by atoms with E-state index in [1.165, 1.54) is 42.5 Å². The van der Waals surface area contributed by atoms with E-state index in [-0.39, 0.29) is 29.3 Å². The van der Waals surface area contributed by atoms with Gasteiger partial charge < -0.3 is 19.7 Å². The molecule has 2 fully saturated rings. The van der Waals surface area contributed by atoms with Crippen LogP contribution < -0.4 is 4.90 Å². The van der Waals surface area contributed by atoms with Gasteiger partial charge in [-0.1, -0.05) is 91.0 Å². The Bertz CT molecular complexity index is 2280. The first-order valence-electron chi connectivity index (χ1n) is 17.1. The number of aliphatic carboxylic acids is 1. The molecule has 0 unspecified atom stereocenters. The number of carbonyl (C=O) groups is 4. The van der Waals surface area contributed by atoms with Crippen molar-refractivity contribution in [3.63, 3.8) is 0 Å². The highest BCUT2D eigenvalue weighted by Gasteiger charge is 2.76. The predicted octanol–water partition coefficient (Wildman–Crippen LogP) is 6.39. The van der Waals surface area contributed by atoms with Gasteiger partial charge in [-0.25, -0.2) is 9.69 Å². The van der Waals surface area contributed by atoms with Crippen LogP contribution in [0.1, 0.15) is 46.0 Å². The number of benzene rings is 5. The Labute approximate surface area is 307 Å². The zero-order valence-corrected chi connectivity index (χ0v) is 28.3. The fourth-order valence-electron chi connectivity index (χ4n) is 8.40. The second-order valence-electron chi connectivity index (χ2n) is 13.3. The van der Waals surface area contributed by atoms with E-state index in [1.54, 1.807) is 47.4 Å². The number of para-hydroxylation sites is 1. The molecule has 0 saturated carbocycles. The van der Waals surface area contributed by atoms with Crippen molar-refractivity contribution in [1.29, 1.82) is 0 Å². The van der Waals surface area contributed by atoms with Crippen molar-refractivity contribution in [2.75, 3.05) is 4.90 Å². The van der Waals surface area contributed by atoms with E-state index in [1.807, 2.05) is 48.5 Å². The number of phenols is 1. The Morgan fingerprint density at radius 1 is 0.778 bits per heavy atom. The maximum atomic E-state index is 15.4. The lowest BCUT2D eigenvalue weighted by molar-refractivity contribution is -0.384. The molecule has 1 spiro atoms. The first-order chi connectivity index (χ1) is 26.1. The molecule has 0 aliphatic carbocycles. The van der Waals surface area contributed by atoms with Crippen molar-refractivity contribution >= 4 is 35.3 Å². The monoisotopic (exact) mass is 725 g/mol. The Balaban J connectivity index is 1.32. The largest absolute Gasteiger partial charge is 0.508 e. The third kappa shape index (κ3) is 5.27. The molecule has 3 heterocycles. The van der Waals surface area contributed by atoms with Crippen LogP contribution in [0.15, 0.2) is 133 Å². The van der Waals surface area contributed by atoms with Crippen molar-refractivity contribution in [2.24, 2.45) is 5.92 Å². The van der Waals surface area contributed by atoms with Crippen LogP contribution in [0.5, 0.6) is 5.75 Å². The van der Waals surface area contributed by atoms with E-state index in [2.05, 4.69) is 0 Å². The summed E-state index contributed by atoms with van der Waals surface area (Å²) in [6, 6.07) is 32.3. The summed E-state index contributed by atoms with van der Waals surface area (Å²) in [7, 11) is 0. The standard InChI is InChI=1S/C41H31N3O10/c45-29-21-17-27(18-22-29)36-41(30-13-7-8-14-31(30)42(39(41)49)40(50)53-23-24-15-19-28(20-16-24)44(51)52)32(37(46)47)34-38(48)54-35(26-11-5-2-6-12-26)33(43(34)36)25-9-3-1-4-10-25/h1-22,32-36,45H,23H2,(H,46,47)/t32-,33-,34-,35+,36+,41-/m1/s1. The summed E-state index contributed by atoms with van der Waals surface area (Å²) < 4.78 is 11.8. The van der Waals surface area contributed by atoms with E-state index in [9.17, 15) is 34.7 Å². The summed E-state index contributed by atoms with van der Waals surface area (Å²) in [5, 5.41) is 32.7. The molecule has 6 atom stereocenters. The number of rotatable bonds is 7. The first kappa shape index (κ1) is 34.2. The number of anilines is 1. The molecule has 3 aliphatic heterocycles. The number of nitro groups is 1. The minimum absolute atomic E-state index is 0.0773. The summed E-state index contributed by atoms with van der Waals surface area (Å²) in [6.07, 6.45) is -2.04. The molecule has 2 saturated heterocycles. The molecule has 5 aromatic carbocycles. The normalized spacial score (nSPS) is 24.4. The predicted molar refractivity (Wildman–Crippen MR) is 191 cm³/mol. The van der Waals surface area contributed by atoms with Crippen LogP contribution in [-0.4, -0.2) is 50.0 Å². The fraction of sp³-hybridized carbons (Fsp3) is 0.171. The molecule has 270 valence electrons. The van der Waals surface area contributed by atoms with Crippen LogP contribution in [0.2, 0.25) is 0 Å². The quantitative estimate of drug-likeness (QED) is 0.108. The third-order valence-electron chi connectivity index (χ3n) is 10.5. The Morgan fingerprint density at radius 3 is 2.02 bits per heavy atom. The molecule has 3 aliphatic rings. The highest BCUT2D eigenvalue weighted by molar-refractivity contribution is 6.23. The number of nitro benzene ring substituents is 1. The average molecular weight is 726 g/mol. The van der Waals surface area contributed by atoms with Crippen molar-refractivity contribution in [3.8, 4) is 5.75 Å². The number of hydrogen-bond donors (Lipinski definition) is 2. The van der Waals surface area contributed by atoms with Gasteiger partial charge in [0.25, 0.3) is 5.69 Å². The van der Waals surface area contributed by atoms with Crippen LogP contribution in [-0.2, 0) is 35.9 Å².